The highest BCUT2D eigenvalue weighted by Gasteiger charge is 1.89. The van der Waals surface area contributed by atoms with Crippen LogP contribution in [0.4, 0.5) is 0 Å². The summed E-state index contributed by atoms with van der Waals surface area (Å²) in [5, 5.41) is 0. The van der Waals surface area contributed by atoms with Gasteiger partial charge in [-0.1, -0.05) is 19.1 Å². The van der Waals surface area contributed by atoms with Gasteiger partial charge in [-0.25, -0.2) is 0 Å². The molecule has 0 aromatic carbocycles. The van der Waals surface area contributed by atoms with E-state index >= 15 is 0 Å². The highest BCUT2D eigenvalue weighted by atomic mass is 16.5. The Hall–Kier alpha value is -0.720. The Morgan fingerprint density at radius 1 is 1.36 bits per heavy atom. The fourth-order valence-electron chi connectivity index (χ4n) is 0.826. The molecule has 0 radical (unpaired) electrons. The molecule has 0 aliphatic carbocycles. The van der Waals surface area contributed by atoms with Crippen LogP contribution in [0.3, 0.4) is 0 Å². The fraction of sp³-hybridized carbons (Fsp3) is 0.600. The average molecular weight is 154 g/mol. The second kappa shape index (κ2) is 7.39. The van der Waals surface area contributed by atoms with E-state index in [1.54, 1.807) is 0 Å². The van der Waals surface area contributed by atoms with Gasteiger partial charge in [-0.15, -0.1) is 0 Å². The lowest BCUT2D eigenvalue weighted by molar-refractivity contribution is 0.220. The van der Waals surface area contributed by atoms with Crippen LogP contribution in [0.15, 0.2) is 24.0 Å². The molecule has 0 saturated carbocycles. The van der Waals surface area contributed by atoms with Gasteiger partial charge in [0.2, 0.25) is 0 Å². The molecule has 11 heavy (non-hydrogen) atoms. The number of allylic oxidation sites excluding steroid dienone is 4. The second-order valence-corrected chi connectivity index (χ2v) is 2.26. The van der Waals surface area contributed by atoms with Crippen molar-refractivity contribution in [1.82, 2.24) is 0 Å². The molecule has 0 aromatic rings. The van der Waals surface area contributed by atoms with E-state index in [1.165, 1.54) is 0 Å². The Labute approximate surface area is 69.8 Å². The zero-order valence-corrected chi connectivity index (χ0v) is 7.76. The van der Waals surface area contributed by atoms with Crippen molar-refractivity contribution in [1.29, 1.82) is 0 Å². The van der Waals surface area contributed by atoms with Crippen LogP contribution in [0.25, 0.3) is 0 Å². The van der Waals surface area contributed by atoms with E-state index < -0.39 is 0 Å². The van der Waals surface area contributed by atoms with E-state index in [-0.39, 0.29) is 0 Å². The highest BCUT2D eigenvalue weighted by Crippen LogP contribution is 2.03. The van der Waals surface area contributed by atoms with E-state index in [4.69, 9.17) is 4.74 Å². The van der Waals surface area contributed by atoms with Gasteiger partial charge in [0, 0.05) is 6.42 Å². The minimum atomic E-state index is 0.773. The van der Waals surface area contributed by atoms with Crippen molar-refractivity contribution in [2.24, 2.45) is 0 Å². The second-order valence-electron chi connectivity index (χ2n) is 2.26. The van der Waals surface area contributed by atoms with Gasteiger partial charge in [-0.3, -0.25) is 0 Å². The summed E-state index contributed by atoms with van der Waals surface area (Å²) in [5.41, 5.74) is 0. The number of rotatable bonds is 5. The molecule has 1 heteroatoms. The summed E-state index contributed by atoms with van der Waals surface area (Å²) in [6.07, 6.45) is 8.28. The standard InChI is InChI=1S/C10H18O/c1-4-7-8-9-10(5-2)11-6-3/h4,7,9H,5-6,8H2,1-3H3/b7-4-,10-9?. The Morgan fingerprint density at radius 2 is 2.09 bits per heavy atom. The van der Waals surface area contributed by atoms with Gasteiger partial charge >= 0.3 is 0 Å². The predicted octanol–water partition coefficient (Wildman–Crippen LogP) is 3.28. The van der Waals surface area contributed by atoms with E-state index in [1.807, 2.05) is 13.8 Å². The fourth-order valence-corrected chi connectivity index (χ4v) is 0.826. The molecule has 0 atom stereocenters. The zero-order chi connectivity index (χ0) is 8.53. The molecule has 0 aliphatic heterocycles. The predicted molar refractivity (Wildman–Crippen MR) is 49.4 cm³/mol. The lowest BCUT2D eigenvalue weighted by atomic mass is 10.3. The lowest BCUT2D eigenvalue weighted by Crippen LogP contribution is -1.89. The summed E-state index contributed by atoms with van der Waals surface area (Å²) in [7, 11) is 0. The molecular formula is C10H18O. The normalized spacial score (nSPS) is 12.5. The van der Waals surface area contributed by atoms with Crippen molar-refractivity contribution in [3.8, 4) is 0 Å². The Balaban J connectivity index is 3.70. The first-order valence-electron chi connectivity index (χ1n) is 4.28. The topological polar surface area (TPSA) is 9.23 Å². The summed E-state index contributed by atoms with van der Waals surface area (Å²) in [5.74, 6) is 1.10. The van der Waals surface area contributed by atoms with Crippen molar-refractivity contribution >= 4 is 0 Å². The van der Waals surface area contributed by atoms with Crippen LogP contribution in [-0.4, -0.2) is 6.61 Å². The van der Waals surface area contributed by atoms with E-state index in [9.17, 15) is 0 Å². The van der Waals surface area contributed by atoms with E-state index in [2.05, 4.69) is 25.2 Å². The maximum absolute atomic E-state index is 5.36. The minimum absolute atomic E-state index is 0.773. The number of hydrogen-bond donors (Lipinski definition) is 0. The first-order valence-corrected chi connectivity index (χ1v) is 4.28. The van der Waals surface area contributed by atoms with Gasteiger partial charge in [0.25, 0.3) is 0 Å². The third-order valence-corrected chi connectivity index (χ3v) is 1.40. The van der Waals surface area contributed by atoms with Crippen molar-refractivity contribution in [2.45, 2.75) is 33.6 Å². The van der Waals surface area contributed by atoms with E-state index in [0.717, 1.165) is 25.2 Å². The molecule has 0 fully saturated rings. The van der Waals surface area contributed by atoms with Crippen LogP contribution in [-0.2, 0) is 4.74 Å². The molecule has 0 saturated heterocycles. The molecule has 0 aromatic heterocycles. The van der Waals surface area contributed by atoms with E-state index in [0.29, 0.717) is 0 Å². The average Bonchev–Trinajstić information content (AvgIpc) is 2.03. The summed E-state index contributed by atoms with van der Waals surface area (Å²) < 4.78 is 5.36. The van der Waals surface area contributed by atoms with Gasteiger partial charge in [-0.05, 0) is 26.3 Å². The maximum atomic E-state index is 5.36. The van der Waals surface area contributed by atoms with Crippen LogP contribution >= 0.6 is 0 Å². The molecule has 0 heterocycles. The SMILES string of the molecule is C/C=C\CC=C(CC)OCC. The van der Waals surface area contributed by atoms with Crippen LogP contribution in [0.5, 0.6) is 0 Å². The first-order chi connectivity index (χ1) is 5.35. The molecule has 0 N–H and O–H groups in total. The van der Waals surface area contributed by atoms with Gasteiger partial charge in [-0.2, -0.15) is 0 Å². The lowest BCUT2D eigenvalue weighted by Gasteiger charge is -2.04. The largest absolute Gasteiger partial charge is 0.499 e. The van der Waals surface area contributed by atoms with Crippen LogP contribution < -0.4 is 0 Å². The maximum Gasteiger partial charge on any atom is 0.0920 e. The summed E-state index contributed by atoms with van der Waals surface area (Å²) in [6.45, 7) is 6.92. The zero-order valence-electron chi connectivity index (χ0n) is 7.76. The molecule has 0 amide bonds. The highest BCUT2D eigenvalue weighted by molar-refractivity contribution is 4.97. The van der Waals surface area contributed by atoms with Crippen molar-refractivity contribution in [2.75, 3.05) is 6.61 Å². The number of ether oxygens (including phenoxy) is 1. The summed E-state index contributed by atoms with van der Waals surface area (Å²) in [4.78, 5) is 0. The third-order valence-electron chi connectivity index (χ3n) is 1.40. The summed E-state index contributed by atoms with van der Waals surface area (Å²) in [6, 6.07) is 0. The first kappa shape index (κ1) is 10.3. The Kier molecular flexibility index (Phi) is 6.90. The third kappa shape index (κ3) is 5.71. The monoisotopic (exact) mass is 154 g/mol. The molecule has 0 aliphatic rings. The quantitative estimate of drug-likeness (QED) is 0.436. The van der Waals surface area contributed by atoms with Crippen molar-refractivity contribution in [3.05, 3.63) is 24.0 Å². The van der Waals surface area contributed by atoms with Gasteiger partial charge in [0.15, 0.2) is 0 Å². The molecule has 1 nitrogen and oxygen atoms in total. The van der Waals surface area contributed by atoms with Crippen LogP contribution in [0.2, 0.25) is 0 Å². The minimum Gasteiger partial charge on any atom is -0.499 e. The molecule has 0 spiro atoms. The molecule has 0 rings (SSSR count). The smallest absolute Gasteiger partial charge is 0.0920 e. The van der Waals surface area contributed by atoms with Crippen molar-refractivity contribution < 1.29 is 4.74 Å². The van der Waals surface area contributed by atoms with Gasteiger partial charge < -0.3 is 4.74 Å². The molecule has 0 bridgehead atoms. The Morgan fingerprint density at radius 3 is 2.55 bits per heavy atom. The number of hydrogen-bond acceptors (Lipinski definition) is 1. The molecule has 0 unspecified atom stereocenters. The van der Waals surface area contributed by atoms with Crippen LogP contribution in [0.1, 0.15) is 33.6 Å². The van der Waals surface area contributed by atoms with Gasteiger partial charge in [0.1, 0.15) is 0 Å². The van der Waals surface area contributed by atoms with Crippen LogP contribution in [0, 0.1) is 0 Å². The Bertz CT molecular complexity index is 134. The van der Waals surface area contributed by atoms with Crippen molar-refractivity contribution in [3.63, 3.8) is 0 Å². The molecule has 64 valence electrons. The summed E-state index contributed by atoms with van der Waals surface area (Å²) >= 11 is 0. The van der Waals surface area contributed by atoms with Gasteiger partial charge in [0.05, 0.1) is 12.4 Å². The molecular weight excluding hydrogens is 136 g/mol.